The van der Waals surface area contributed by atoms with E-state index in [1.54, 1.807) is 13.0 Å². The van der Waals surface area contributed by atoms with Gasteiger partial charge in [-0.25, -0.2) is 0 Å². The molecule has 0 saturated heterocycles. The Morgan fingerprint density at radius 3 is 2.50 bits per heavy atom. The van der Waals surface area contributed by atoms with Gasteiger partial charge in [0.25, 0.3) is 5.91 Å². The Hall–Kier alpha value is -2.66. The molecule has 126 valence electrons. The number of carbonyl (C=O) groups excluding carboxylic acids is 2. The van der Waals surface area contributed by atoms with Gasteiger partial charge in [-0.05, 0) is 50.1 Å². The van der Waals surface area contributed by atoms with E-state index in [1.807, 2.05) is 56.3 Å². The number of ether oxygens (including phenoxy) is 1. The zero-order valence-electron chi connectivity index (χ0n) is 14.1. The molecule has 1 atom stereocenters. The molecule has 2 aromatic carbocycles. The van der Waals surface area contributed by atoms with E-state index in [0.29, 0.717) is 5.69 Å². The number of nitrogens with one attached hydrogen (secondary N) is 2. The van der Waals surface area contributed by atoms with Gasteiger partial charge in [0, 0.05) is 11.4 Å². The van der Waals surface area contributed by atoms with Crippen LogP contribution in [0.4, 0.5) is 11.4 Å². The molecular weight excluding hydrogens is 304 g/mol. The van der Waals surface area contributed by atoms with E-state index >= 15 is 0 Å². The van der Waals surface area contributed by atoms with Crippen molar-refractivity contribution in [2.24, 2.45) is 0 Å². The van der Waals surface area contributed by atoms with Crippen molar-refractivity contribution in [2.75, 3.05) is 17.2 Å². The number of carbonyl (C=O) groups is 2. The minimum atomic E-state index is -0.729. The van der Waals surface area contributed by atoms with E-state index in [-0.39, 0.29) is 18.4 Å². The highest BCUT2D eigenvalue weighted by molar-refractivity contribution is 5.95. The Morgan fingerprint density at radius 1 is 1.04 bits per heavy atom. The summed E-state index contributed by atoms with van der Waals surface area (Å²) in [5, 5.41) is 5.54. The van der Waals surface area contributed by atoms with Gasteiger partial charge >= 0.3 is 0 Å². The van der Waals surface area contributed by atoms with Gasteiger partial charge < -0.3 is 15.4 Å². The minimum absolute atomic E-state index is 0.184. The second-order valence-corrected chi connectivity index (χ2v) is 5.68. The number of anilines is 2. The second kappa shape index (κ2) is 8.26. The van der Waals surface area contributed by atoms with Gasteiger partial charge in [0.15, 0.2) is 0 Å². The fourth-order valence-corrected chi connectivity index (χ4v) is 2.14. The summed E-state index contributed by atoms with van der Waals surface area (Å²) in [4.78, 5) is 24.0. The zero-order valence-corrected chi connectivity index (χ0v) is 14.1. The Morgan fingerprint density at radius 2 is 1.79 bits per heavy atom. The van der Waals surface area contributed by atoms with Crippen LogP contribution in [-0.2, 0) is 14.3 Å². The monoisotopic (exact) mass is 326 g/mol. The van der Waals surface area contributed by atoms with Gasteiger partial charge in [-0.1, -0.05) is 30.3 Å². The minimum Gasteiger partial charge on any atom is -0.359 e. The summed E-state index contributed by atoms with van der Waals surface area (Å²) in [6.45, 7) is 5.30. The lowest BCUT2D eigenvalue weighted by Crippen LogP contribution is -2.31. The third kappa shape index (κ3) is 5.21. The summed E-state index contributed by atoms with van der Waals surface area (Å²) in [5.74, 6) is -0.580. The summed E-state index contributed by atoms with van der Waals surface area (Å²) in [7, 11) is 0. The fourth-order valence-electron chi connectivity index (χ4n) is 2.14. The van der Waals surface area contributed by atoms with Crippen LogP contribution in [0.2, 0.25) is 0 Å². The molecule has 2 aromatic rings. The van der Waals surface area contributed by atoms with Crippen LogP contribution >= 0.6 is 0 Å². The first-order valence-corrected chi connectivity index (χ1v) is 7.80. The molecule has 0 aliphatic carbocycles. The number of rotatable bonds is 6. The van der Waals surface area contributed by atoms with Gasteiger partial charge in [-0.15, -0.1) is 0 Å². The molecule has 2 amide bonds. The maximum atomic E-state index is 12.1. The SMILES string of the molecule is Cc1cccc(NC(=O)COC(C)C(=O)Nc2ccccc2C)c1. The average Bonchev–Trinajstić information content (AvgIpc) is 2.54. The number of para-hydroxylation sites is 1. The standard InChI is InChI=1S/C19H22N2O3/c1-13-7-6-9-16(11-13)20-18(22)12-24-15(3)19(23)21-17-10-5-4-8-14(17)2/h4-11,15H,12H2,1-3H3,(H,20,22)(H,21,23). The molecule has 0 aromatic heterocycles. The molecule has 0 fully saturated rings. The van der Waals surface area contributed by atoms with E-state index in [9.17, 15) is 9.59 Å². The molecule has 0 heterocycles. The van der Waals surface area contributed by atoms with Crippen LogP contribution in [0.1, 0.15) is 18.1 Å². The van der Waals surface area contributed by atoms with Gasteiger partial charge in [-0.2, -0.15) is 0 Å². The number of benzene rings is 2. The highest BCUT2D eigenvalue weighted by Crippen LogP contribution is 2.14. The van der Waals surface area contributed by atoms with Crippen molar-refractivity contribution in [1.82, 2.24) is 0 Å². The van der Waals surface area contributed by atoms with Crippen LogP contribution in [0.15, 0.2) is 48.5 Å². The van der Waals surface area contributed by atoms with E-state index in [0.717, 1.165) is 16.8 Å². The molecule has 0 spiro atoms. The van der Waals surface area contributed by atoms with Gasteiger partial charge in [0.05, 0.1) is 0 Å². The van der Waals surface area contributed by atoms with E-state index < -0.39 is 6.10 Å². The number of amides is 2. The van der Waals surface area contributed by atoms with Crippen molar-refractivity contribution in [3.8, 4) is 0 Å². The van der Waals surface area contributed by atoms with E-state index in [1.165, 1.54) is 0 Å². The molecule has 0 radical (unpaired) electrons. The van der Waals surface area contributed by atoms with Crippen LogP contribution in [0.5, 0.6) is 0 Å². The van der Waals surface area contributed by atoms with Crippen molar-refractivity contribution >= 4 is 23.2 Å². The summed E-state index contributed by atoms with van der Waals surface area (Å²) in [6.07, 6.45) is -0.729. The Labute approximate surface area is 142 Å². The van der Waals surface area contributed by atoms with Crippen LogP contribution in [0.25, 0.3) is 0 Å². The Kier molecular flexibility index (Phi) is 6.09. The lowest BCUT2D eigenvalue weighted by atomic mass is 10.2. The molecular formula is C19H22N2O3. The third-order valence-electron chi connectivity index (χ3n) is 3.54. The van der Waals surface area contributed by atoms with Crippen LogP contribution in [-0.4, -0.2) is 24.5 Å². The van der Waals surface area contributed by atoms with Crippen LogP contribution in [0, 0.1) is 13.8 Å². The summed E-state index contributed by atoms with van der Waals surface area (Å²) in [6, 6.07) is 15.0. The van der Waals surface area contributed by atoms with E-state index in [2.05, 4.69) is 10.6 Å². The summed E-state index contributed by atoms with van der Waals surface area (Å²) >= 11 is 0. The van der Waals surface area contributed by atoms with Crippen molar-refractivity contribution in [2.45, 2.75) is 26.9 Å². The molecule has 2 N–H and O–H groups in total. The summed E-state index contributed by atoms with van der Waals surface area (Å²) in [5.41, 5.74) is 3.47. The highest BCUT2D eigenvalue weighted by Gasteiger charge is 2.16. The Balaban J connectivity index is 1.81. The molecule has 0 aliphatic heterocycles. The van der Waals surface area contributed by atoms with Gasteiger partial charge in [0.1, 0.15) is 12.7 Å². The first kappa shape index (κ1) is 17.7. The first-order chi connectivity index (χ1) is 11.5. The molecule has 24 heavy (non-hydrogen) atoms. The number of hydrogen-bond donors (Lipinski definition) is 2. The molecule has 2 rings (SSSR count). The van der Waals surface area contributed by atoms with Crippen molar-refractivity contribution in [3.05, 3.63) is 59.7 Å². The summed E-state index contributed by atoms with van der Waals surface area (Å²) < 4.78 is 5.36. The van der Waals surface area contributed by atoms with Crippen molar-refractivity contribution < 1.29 is 14.3 Å². The topological polar surface area (TPSA) is 67.4 Å². The Bertz CT molecular complexity index is 728. The second-order valence-electron chi connectivity index (χ2n) is 5.68. The predicted octanol–water partition coefficient (Wildman–Crippen LogP) is 3.29. The molecule has 5 heteroatoms. The lowest BCUT2D eigenvalue weighted by Gasteiger charge is -2.14. The predicted molar refractivity (Wildman–Crippen MR) is 95.0 cm³/mol. The van der Waals surface area contributed by atoms with Crippen LogP contribution in [0.3, 0.4) is 0 Å². The van der Waals surface area contributed by atoms with Crippen molar-refractivity contribution in [1.29, 1.82) is 0 Å². The molecule has 0 aliphatic rings. The van der Waals surface area contributed by atoms with Gasteiger partial charge in [0.2, 0.25) is 5.91 Å². The quantitative estimate of drug-likeness (QED) is 0.856. The normalized spacial score (nSPS) is 11.6. The largest absolute Gasteiger partial charge is 0.359 e. The van der Waals surface area contributed by atoms with Crippen LogP contribution < -0.4 is 10.6 Å². The smallest absolute Gasteiger partial charge is 0.253 e. The average molecular weight is 326 g/mol. The number of hydrogen-bond acceptors (Lipinski definition) is 3. The molecule has 0 saturated carbocycles. The zero-order chi connectivity index (χ0) is 17.5. The maximum absolute atomic E-state index is 12.1. The molecule has 0 bridgehead atoms. The highest BCUT2D eigenvalue weighted by atomic mass is 16.5. The third-order valence-corrected chi connectivity index (χ3v) is 3.54. The van der Waals surface area contributed by atoms with Crippen molar-refractivity contribution in [3.63, 3.8) is 0 Å². The molecule has 5 nitrogen and oxygen atoms in total. The first-order valence-electron chi connectivity index (χ1n) is 7.80. The maximum Gasteiger partial charge on any atom is 0.253 e. The van der Waals surface area contributed by atoms with E-state index in [4.69, 9.17) is 4.74 Å². The lowest BCUT2D eigenvalue weighted by molar-refractivity contribution is -0.131. The van der Waals surface area contributed by atoms with Gasteiger partial charge in [-0.3, -0.25) is 9.59 Å². The fraction of sp³-hybridized carbons (Fsp3) is 0.263. The molecule has 1 unspecified atom stereocenters. The number of aryl methyl sites for hydroxylation is 2.